The third kappa shape index (κ3) is 4.11. The van der Waals surface area contributed by atoms with E-state index in [1.165, 1.54) is 6.07 Å². The van der Waals surface area contributed by atoms with Crippen LogP contribution in [0.15, 0.2) is 30.5 Å². The molecule has 0 bridgehead atoms. The van der Waals surface area contributed by atoms with Crippen molar-refractivity contribution in [1.29, 1.82) is 0 Å². The van der Waals surface area contributed by atoms with Crippen LogP contribution >= 0.6 is 0 Å². The normalized spacial score (nSPS) is 16.1. The van der Waals surface area contributed by atoms with E-state index in [9.17, 15) is 14.3 Å². The van der Waals surface area contributed by atoms with Crippen molar-refractivity contribution in [3.05, 3.63) is 41.8 Å². The van der Waals surface area contributed by atoms with Crippen LogP contribution in [-0.4, -0.2) is 43.2 Å². The minimum Gasteiger partial charge on any atom is -0.481 e. The van der Waals surface area contributed by atoms with Crippen LogP contribution in [0.25, 0.3) is 11.1 Å². The summed E-state index contributed by atoms with van der Waals surface area (Å²) in [4.78, 5) is 20.1. The van der Waals surface area contributed by atoms with E-state index in [-0.39, 0.29) is 17.7 Å². The van der Waals surface area contributed by atoms with Crippen molar-refractivity contribution >= 4 is 17.5 Å². The van der Waals surface area contributed by atoms with Crippen LogP contribution in [0.3, 0.4) is 0 Å². The Bertz CT molecular complexity index is 861. The number of anilines is 2. The van der Waals surface area contributed by atoms with Crippen molar-refractivity contribution in [3.8, 4) is 11.1 Å². The molecule has 0 radical (unpaired) electrons. The number of hydrogen-bond acceptors (Lipinski definition) is 4. The Labute approximate surface area is 165 Å². The Balaban J connectivity index is 1.89. The van der Waals surface area contributed by atoms with Crippen LogP contribution in [-0.2, 0) is 4.79 Å². The minimum atomic E-state index is -0.721. The highest BCUT2D eigenvalue weighted by Crippen LogP contribution is 2.36. The lowest BCUT2D eigenvalue weighted by Crippen LogP contribution is -2.37. The van der Waals surface area contributed by atoms with Crippen LogP contribution in [0.4, 0.5) is 15.9 Å². The highest BCUT2D eigenvalue weighted by molar-refractivity contribution is 5.82. The van der Waals surface area contributed by atoms with Gasteiger partial charge in [0.2, 0.25) is 0 Å². The average Bonchev–Trinajstić information content (AvgIpc) is 2.67. The van der Waals surface area contributed by atoms with Gasteiger partial charge in [-0.25, -0.2) is 9.37 Å². The second-order valence-corrected chi connectivity index (χ2v) is 7.86. The van der Waals surface area contributed by atoms with E-state index in [1.54, 1.807) is 13.0 Å². The van der Waals surface area contributed by atoms with E-state index in [1.807, 2.05) is 38.2 Å². The molecule has 0 saturated carbocycles. The molecule has 0 aliphatic carbocycles. The zero-order valence-corrected chi connectivity index (χ0v) is 16.9. The molecule has 1 saturated heterocycles. The third-order valence-electron chi connectivity index (χ3n) is 5.79. The van der Waals surface area contributed by atoms with Crippen LogP contribution in [0.1, 0.15) is 25.3 Å². The van der Waals surface area contributed by atoms with Crippen LogP contribution in [0, 0.1) is 24.6 Å². The first kappa shape index (κ1) is 20.1. The predicted octanol–water partition coefficient (Wildman–Crippen LogP) is 4.20. The Hall–Kier alpha value is -2.63. The highest BCUT2D eigenvalue weighted by atomic mass is 19.1. The number of pyridine rings is 1. The number of aromatic nitrogens is 1. The summed E-state index contributed by atoms with van der Waals surface area (Å²) in [7, 11) is 3.94. The first-order valence-corrected chi connectivity index (χ1v) is 9.69. The lowest BCUT2D eigenvalue weighted by atomic mass is 9.85. The molecule has 1 aromatic heterocycles. The summed E-state index contributed by atoms with van der Waals surface area (Å²) in [5.41, 5.74) is 3.87. The molecule has 0 amide bonds. The monoisotopic (exact) mass is 385 g/mol. The predicted molar refractivity (Wildman–Crippen MR) is 110 cm³/mol. The van der Waals surface area contributed by atoms with Gasteiger partial charge in [-0.1, -0.05) is 13.0 Å². The number of halogens is 1. The fourth-order valence-corrected chi connectivity index (χ4v) is 3.94. The van der Waals surface area contributed by atoms with Gasteiger partial charge in [0.1, 0.15) is 11.6 Å². The largest absolute Gasteiger partial charge is 0.481 e. The Morgan fingerprint density at radius 3 is 2.50 bits per heavy atom. The number of carboxylic acids is 1. The zero-order chi connectivity index (χ0) is 20.4. The van der Waals surface area contributed by atoms with E-state index in [0.29, 0.717) is 0 Å². The quantitative estimate of drug-likeness (QED) is 0.836. The van der Waals surface area contributed by atoms with Gasteiger partial charge in [-0.15, -0.1) is 0 Å². The number of benzene rings is 1. The maximum Gasteiger partial charge on any atom is 0.306 e. The van der Waals surface area contributed by atoms with Gasteiger partial charge in [0, 0.05) is 32.7 Å². The number of carbonyl (C=O) groups is 1. The van der Waals surface area contributed by atoms with Crippen LogP contribution in [0.2, 0.25) is 0 Å². The zero-order valence-electron chi connectivity index (χ0n) is 16.9. The van der Waals surface area contributed by atoms with E-state index in [2.05, 4.69) is 16.0 Å². The summed E-state index contributed by atoms with van der Waals surface area (Å²) in [5, 5.41) is 9.25. The molecule has 3 rings (SSSR count). The standard InChI is InChI=1S/C22H28FN3O2/c1-14-11-17(23)5-6-18(14)19-12-21(24-13-20(19)25(3)4)26-9-7-16(8-10-26)15(2)22(27)28/h5-6,11-13,15-16H,7-10H2,1-4H3,(H,27,28). The molecule has 2 aromatic rings. The molecule has 1 atom stereocenters. The van der Waals surface area contributed by atoms with Crippen molar-refractivity contribution in [2.24, 2.45) is 11.8 Å². The number of hydrogen-bond donors (Lipinski definition) is 1. The molecule has 28 heavy (non-hydrogen) atoms. The number of aryl methyl sites for hydroxylation is 1. The number of piperidine rings is 1. The van der Waals surface area contributed by atoms with E-state index in [0.717, 1.165) is 54.1 Å². The van der Waals surface area contributed by atoms with Crippen LogP contribution < -0.4 is 9.80 Å². The SMILES string of the molecule is Cc1cc(F)ccc1-c1cc(N2CCC(C(C)C(=O)O)CC2)ncc1N(C)C. The summed E-state index contributed by atoms with van der Waals surface area (Å²) in [6.45, 7) is 5.29. The smallest absolute Gasteiger partial charge is 0.306 e. The highest BCUT2D eigenvalue weighted by Gasteiger charge is 2.28. The topological polar surface area (TPSA) is 56.7 Å². The first-order chi connectivity index (χ1) is 13.3. The second kappa shape index (κ2) is 8.17. The average molecular weight is 385 g/mol. The molecule has 150 valence electrons. The van der Waals surface area contributed by atoms with Gasteiger partial charge in [-0.2, -0.15) is 0 Å². The number of aliphatic carboxylic acids is 1. The van der Waals surface area contributed by atoms with Crippen molar-refractivity contribution < 1.29 is 14.3 Å². The van der Waals surface area contributed by atoms with Crippen molar-refractivity contribution in [2.45, 2.75) is 26.7 Å². The van der Waals surface area contributed by atoms with Crippen molar-refractivity contribution in [1.82, 2.24) is 4.98 Å². The van der Waals surface area contributed by atoms with Crippen molar-refractivity contribution in [3.63, 3.8) is 0 Å². The lowest BCUT2D eigenvalue weighted by Gasteiger charge is -2.35. The van der Waals surface area contributed by atoms with Gasteiger partial charge >= 0.3 is 5.97 Å². The van der Waals surface area contributed by atoms with Gasteiger partial charge < -0.3 is 14.9 Å². The Morgan fingerprint density at radius 2 is 1.93 bits per heavy atom. The van der Waals surface area contributed by atoms with Gasteiger partial charge in [0.15, 0.2) is 0 Å². The second-order valence-electron chi connectivity index (χ2n) is 7.86. The van der Waals surface area contributed by atoms with Crippen LogP contribution in [0.5, 0.6) is 0 Å². The molecule has 6 heteroatoms. The summed E-state index contributed by atoms with van der Waals surface area (Å²) in [6.07, 6.45) is 3.55. The third-order valence-corrected chi connectivity index (χ3v) is 5.79. The van der Waals surface area contributed by atoms with Gasteiger partial charge in [-0.05, 0) is 55.0 Å². The van der Waals surface area contributed by atoms with Gasteiger partial charge in [0.25, 0.3) is 0 Å². The molecule has 5 nitrogen and oxygen atoms in total. The first-order valence-electron chi connectivity index (χ1n) is 9.69. The molecule has 1 unspecified atom stereocenters. The van der Waals surface area contributed by atoms with Gasteiger partial charge in [0.05, 0.1) is 17.8 Å². The molecule has 1 aliphatic heterocycles. The molecular weight excluding hydrogens is 357 g/mol. The summed E-state index contributed by atoms with van der Waals surface area (Å²) in [6, 6.07) is 6.92. The molecule has 0 spiro atoms. The maximum absolute atomic E-state index is 13.6. The van der Waals surface area contributed by atoms with Crippen molar-refractivity contribution in [2.75, 3.05) is 37.0 Å². The maximum atomic E-state index is 13.6. The number of nitrogens with zero attached hydrogens (tertiary/aromatic N) is 3. The molecule has 2 heterocycles. The Kier molecular flexibility index (Phi) is 5.87. The van der Waals surface area contributed by atoms with E-state index in [4.69, 9.17) is 0 Å². The Morgan fingerprint density at radius 1 is 1.25 bits per heavy atom. The fourth-order valence-electron chi connectivity index (χ4n) is 3.94. The summed E-state index contributed by atoms with van der Waals surface area (Å²) >= 11 is 0. The molecule has 1 fully saturated rings. The molecule has 1 N–H and O–H groups in total. The van der Waals surface area contributed by atoms with E-state index >= 15 is 0 Å². The minimum absolute atomic E-state index is 0.202. The van der Waals surface area contributed by atoms with E-state index < -0.39 is 5.97 Å². The number of carboxylic acid groups (broad SMARTS) is 1. The lowest BCUT2D eigenvalue weighted by molar-refractivity contribution is -0.143. The molecule has 1 aliphatic rings. The molecule has 1 aromatic carbocycles. The fraction of sp³-hybridized carbons (Fsp3) is 0.455. The molecular formula is C22H28FN3O2. The summed E-state index contributed by atoms with van der Waals surface area (Å²) in [5.74, 6) is -0.194. The summed E-state index contributed by atoms with van der Waals surface area (Å²) < 4.78 is 13.6. The van der Waals surface area contributed by atoms with Gasteiger partial charge in [-0.3, -0.25) is 4.79 Å². The number of rotatable bonds is 5.